The Labute approximate surface area is 137 Å². The van der Waals surface area contributed by atoms with Crippen LogP contribution in [0.5, 0.6) is 0 Å². The number of benzene rings is 1. The summed E-state index contributed by atoms with van der Waals surface area (Å²) in [6, 6.07) is 6.93. The van der Waals surface area contributed by atoms with Gasteiger partial charge in [-0.1, -0.05) is 31.4 Å². The first-order valence-corrected chi connectivity index (χ1v) is 8.02. The highest BCUT2D eigenvalue weighted by atomic mass is 35.5. The van der Waals surface area contributed by atoms with E-state index in [1.165, 1.54) is 0 Å². The third kappa shape index (κ3) is 8.00. The van der Waals surface area contributed by atoms with Gasteiger partial charge < -0.3 is 15.5 Å². The van der Waals surface area contributed by atoms with Crippen LogP contribution in [0.3, 0.4) is 0 Å². The molecule has 1 unspecified atom stereocenters. The Kier molecular flexibility index (Phi) is 8.55. The molecule has 0 spiro atoms. The summed E-state index contributed by atoms with van der Waals surface area (Å²) in [6.07, 6.45) is 3.25. The summed E-state index contributed by atoms with van der Waals surface area (Å²) in [7, 11) is 1.83. The molecule has 0 bridgehead atoms. The second-order valence-corrected chi connectivity index (χ2v) is 5.86. The number of amides is 2. The van der Waals surface area contributed by atoms with E-state index in [9.17, 15) is 9.59 Å². The van der Waals surface area contributed by atoms with Crippen molar-refractivity contribution in [2.45, 2.75) is 26.2 Å². The Bertz CT molecular complexity index is 477. The first-order chi connectivity index (χ1) is 10.5. The minimum absolute atomic E-state index is 0.0205. The number of rotatable bonds is 9. The number of nitrogens with one attached hydrogen (secondary N) is 3. The van der Waals surface area contributed by atoms with Gasteiger partial charge in [0.05, 0.1) is 7.05 Å². The maximum Gasteiger partial charge on any atom is 0.279 e. The normalized spacial score (nSPS) is 11.8. The first kappa shape index (κ1) is 18.5. The molecule has 6 heteroatoms. The van der Waals surface area contributed by atoms with Gasteiger partial charge in [0.2, 0.25) is 0 Å². The highest BCUT2D eigenvalue weighted by Crippen LogP contribution is 2.12. The number of anilines is 1. The molecule has 0 aromatic heterocycles. The van der Waals surface area contributed by atoms with Crippen molar-refractivity contribution in [2.24, 2.45) is 0 Å². The van der Waals surface area contributed by atoms with E-state index in [2.05, 4.69) is 17.6 Å². The molecule has 0 saturated carbocycles. The number of carbonyl (C=O) groups is 2. The van der Waals surface area contributed by atoms with E-state index in [1.807, 2.05) is 7.05 Å². The van der Waals surface area contributed by atoms with Gasteiger partial charge in [0.25, 0.3) is 11.8 Å². The molecule has 5 nitrogen and oxygen atoms in total. The Morgan fingerprint density at radius 1 is 1.09 bits per heavy atom. The predicted molar refractivity (Wildman–Crippen MR) is 89.2 cm³/mol. The maximum absolute atomic E-state index is 11.9. The van der Waals surface area contributed by atoms with E-state index in [1.54, 1.807) is 24.3 Å². The molecule has 0 fully saturated rings. The Balaban J connectivity index is 2.25. The van der Waals surface area contributed by atoms with Gasteiger partial charge in [0.1, 0.15) is 0 Å². The molecule has 0 saturated heterocycles. The van der Waals surface area contributed by atoms with E-state index < -0.39 is 0 Å². The lowest BCUT2D eigenvalue weighted by Gasteiger charge is -2.13. The summed E-state index contributed by atoms with van der Waals surface area (Å²) in [4.78, 5) is 24.5. The van der Waals surface area contributed by atoms with Crippen LogP contribution in [0.25, 0.3) is 0 Å². The fourth-order valence-electron chi connectivity index (χ4n) is 2.01. The zero-order valence-electron chi connectivity index (χ0n) is 13.2. The SMILES string of the molecule is CCCCCNC(=O)C[NH+](C)CC(=O)Nc1ccc(Cl)cc1. The van der Waals surface area contributed by atoms with Crippen LogP contribution in [-0.4, -0.2) is 38.5 Å². The Morgan fingerprint density at radius 3 is 2.36 bits per heavy atom. The van der Waals surface area contributed by atoms with Crippen molar-refractivity contribution in [1.82, 2.24) is 5.32 Å². The molecular weight excluding hydrogens is 302 g/mol. The van der Waals surface area contributed by atoms with Gasteiger partial charge in [0, 0.05) is 17.3 Å². The van der Waals surface area contributed by atoms with Crippen LogP contribution in [0.4, 0.5) is 5.69 Å². The fourth-order valence-corrected chi connectivity index (χ4v) is 2.14. The quantitative estimate of drug-likeness (QED) is 0.595. The zero-order chi connectivity index (χ0) is 16.4. The van der Waals surface area contributed by atoms with Crippen LogP contribution in [-0.2, 0) is 9.59 Å². The molecular formula is C16H25ClN3O2+. The summed E-state index contributed by atoms with van der Waals surface area (Å²) in [5.41, 5.74) is 0.700. The summed E-state index contributed by atoms with van der Waals surface area (Å²) in [5, 5.41) is 6.28. The number of likely N-dealkylation sites (N-methyl/N-ethyl adjacent to an activating group) is 1. The van der Waals surface area contributed by atoms with E-state index in [0.717, 1.165) is 24.2 Å². The standard InChI is InChI=1S/C16H24ClN3O2/c1-3-4-5-10-18-15(21)11-20(2)12-16(22)19-14-8-6-13(17)7-9-14/h6-9H,3-5,10-12H2,1-2H3,(H,18,21)(H,19,22)/p+1. The molecule has 1 aromatic carbocycles. The van der Waals surface area contributed by atoms with Crippen molar-refractivity contribution in [1.29, 1.82) is 0 Å². The molecule has 0 aliphatic heterocycles. The van der Waals surface area contributed by atoms with Crippen molar-refractivity contribution < 1.29 is 14.5 Å². The fraction of sp³-hybridized carbons (Fsp3) is 0.500. The number of halogens is 1. The van der Waals surface area contributed by atoms with Crippen LogP contribution < -0.4 is 15.5 Å². The number of carbonyl (C=O) groups excluding carboxylic acids is 2. The molecule has 3 N–H and O–H groups in total. The molecule has 0 aliphatic carbocycles. The second-order valence-electron chi connectivity index (χ2n) is 5.42. The third-order valence-electron chi connectivity index (χ3n) is 3.16. The van der Waals surface area contributed by atoms with Gasteiger partial charge in [0.15, 0.2) is 13.1 Å². The van der Waals surface area contributed by atoms with E-state index >= 15 is 0 Å². The highest BCUT2D eigenvalue weighted by Gasteiger charge is 2.13. The van der Waals surface area contributed by atoms with Crippen molar-refractivity contribution >= 4 is 29.1 Å². The lowest BCUT2D eigenvalue weighted by atomic mass is 10.2. The minimum atomic E-state index is -0.126. The van der Waals surface area contributed by atoms with E-state index in [4.69, 9.17) is 11.6 Å². The molecule has 0 aliphatic rings. The molecule has 122 valence electrons. The van der Waals surface area contributed by atoms with Gasteiger partial charge in [-0.2, -0.15) is 0 Å². The van der Waals surface area contributed by atoms with Crippen LogP contribution in [0, 0.1) is 0 Å². The van der Waals surface area contributed by atoms with Crippen LogP contribution >= 0.6 is 11.6 Å². The average molecular weight is 327 g/mol. The Hall–Kier alpha value is -1.59. The molecule has 1 atom stereocenters. The second kappa shape index (κ2) is 10.2. The monoisotopic (exact) mass is 326 g/mol. The average Bonchev–Trinajstić information content (AvgIpc) is 2.46. The third-order valence-corrected chi connectivity index (χ3v) is 3.41. The molecule has 2 amide bonds. The summed E-state index contributed by atoms with van der Waals surface area (Å²) < 4.78 is 0. The molecule has 1 rings (SSSR count). The van der Waals surface area contributed by atoms with Crippen molar-refractivity contribution in [3.8, 4) is 0 Å². The van der Waals surface area contributed by atoms with Gasteiger partial charge in [-0.15, -0.1) is 0 Å². The summed E-state index contributed by atoms with van der Waals surface area (Å²) in [6.45, 7) is 3.36. The molecule has 0 radical (unpaired) electrons. The van der Waals surface area contributed by atoms with Crippen LogP contribution in [0.1, 0.15) is 26.2 Å². The lowest BCUT2D eigenvalue weighted by Crippen LogP contribution is -3.11. The van der Waals surface area contributed by atoms with Crippen LogP contribution in [0.2, 0.25) is 5.02 Å². The molecule has 1 aromatic rings. The number of hydrogen-bond acceptors (Lipinski definition) is 2. The minimum Gasteiger partial charge on any atom is -0.351 e. The number of unbranched alkanes of at least 4 members (excludes halogenated alkanes) is 2. The number of hydrogen-bond donors (Lipinski definition) is 3. The first-order valence-electron chi connectivity index (χ1n) is 7.64. The van der Waals surface area contributed by atoms with Gasteiger partial charge in [-0.3, -0.25) is 9.59 Å². The van der Waals surface area contributed by atoms with Crippen molar-refractivity contribution in [3.63, 3.8) is 0 Å². The van der Waals surface area contributed by atoms with Crippen molar-refractivity contribution in [2.75, 3.05) is 32.0 Å². The van der Waals surface area contributed by atoms with E-state index in [-0.39, 0.29) is 18.4 Å². The molecule has 22 heavy (non-hydrogen) atoms. The van der Waals surface area contributed by atoms with Crippen molar-refractivity contribution in [3.05, 3.63) is 29.3 Å². The largest absolute Gasteiger partial charge is 0.351 e. The summed E-state index contributed by atoms with van der Waals surface area (Å²) in [5.74, 6) is -0.147. The lowest BCUT2D eigenvalue weighted by molar-refractivity contribution is -0.862. The van der Waals surface area contributed by atoms with Gasteiger partial charge in [-0.05, 0) is 30.7 Å². The topological polar surface area (TPSA) is 62.6 Å². The maximum atomic E-state index is 11.9. The van der Waals surface area contributed by atoms with E-state index in [0.29, 0.717) is 23.8 Å². The predicted octanol–water partition coefficient (Wildman–Crippen LogP) is 1.10. The molecule has 0 heterocycles. The zero-order valence-corrected chi connectivity index (χ0v) is 14.0. The Morgan fingerprint density at radius 2 is 1.73 bits per heavy atom. The van der Waals surface area contributed by atoms with Gasteiger partial charge in [-0.25, -0.2) is 0 Å². The summed E-state index contributed by atoms with van der Waals surface area (Å²) >= 11 is 5.79. The van der Waals surface area contributed by atoms with Crippen LogP contribution in [0.15, 0.2) is 24.3 Å². The van der Waals surface area contributed by atoms with Gasteiger partial charge >= 0.3 is 0 Å². The highest BCUT2D eigenvalue weighted by molar-refractivity contribution is 6.30. The number of quaternary nitrogens is 1. The smallest absolute Gasteiger partial charge is 0.279 e.